The number of nitrogens with zero attached hydrogens (tertiary/aromatic N) is 2. The fourth-order valence-electron chi connectivity index (χ4n) is 6.74. The Morgan fingerprint density at radius 3 is 1.00 bits per heavy atom. The van der Waals surface area contributed by atoms with Crippen LogP contribution in [0, 0.1) is 0 Å². The molecule has 8 heteroatoms. The predicted octanol–water partition coefficient (Wildman–Crippen LogP) is 5.18. The maximum absolute atomic E-state index is 4.11. The zero-order valence-corrected chi connectivity index (χ0v) is 34.0. The van der Waals surface area contributed by atoms with Crippen LogP contribution in [0.3, 0.4) is 0 Å². The number of nitrogens with one attached hydrogen (secondary N) is 2. The van der Waals surface area contributed by atoms with Gasteiger partial charge in [-0.3, -0.25) is 9.80 Å². The Hall–Kier alpha value is -1.99. The molecule has 0 spiro atoms. The second kappa shape index (κ2) is 18.5. The van der Waals surface area contributed by atoms with Crippen LogP contribution in [0.4, 0.5) is 0 Å². The summed E-state index contributed by atoms with van der Waals surface area (Å²) < 4.78 is 0. The molecule has 0 bridgehead atoms. The van der Waals surface area contributed by atoms with Gasteiger partial charge < -0.3 is 23.0 Å². The maximum Gasteiger partial charge on any atom is 1.00 e. The Bertz CT molecular complexity index is 1600. The first-order valence-electron chi connectivity index (χ1n) is 15.6. The van der Waals surface area contributed by atoms with Gasteiger partial charge in [-0.15, -0.1) is 0 Å². The van der Waals surface area contributed by atoms with E-state index in [9.17, 15) is 0 Å². The molecule has 0 unspecified atom stereocenters. The summed E-state index contributed by atoms with van der Waals surface area (Å²) in [5.41, 5.74) is 2.90. The van der Waals surface area contributed by atoms with Gasteiger partial charge in [0.15, 0.2) is 0 Å². The molecule has 0 atom stereocenters. The van der Waals surface area contributed by atoms with E-state index in [1.807, 2.05) is 0 Å². The second-order valence-corrected chi connectivity index (χ2v) is 11.6. The van der Waals surface area contributed by atoms with Gasteiger partial charge in [-0.2, -0.15) is 0 Å². The van der Waals surface area contributed by atoms with E-state index in [1.165, 1.54) is 54.2 Å². The van der Waals surface area contributed by atoms with E-state index in [4.69, 9.17) is 0 Å². The summed E-state index contributed by atoms with van der Waals surface area (Å²) in [7, 11) is 8.22. The smallest absolute Gasteiger partial charge is 1.00 e. The zero-order valence-electron chi connectivity index (χ0n) is 26.2. The number of benzene rings is 6. The average molecular weight is 860 g/mol. The Kier molecular flexibility index (Phi) is 14.8. The van der Waals surface area contributed by atoms with Crippen LogP contribution in [0.1, 0.15) is 11.1 Å². The van der Waals surface area contributed by atoms with Gasteiger partial charge in [0.2, 0.25) is 0 Å². The average Bonchev–Trinajstić information content (AvgIpc) is 3.07. The van der Waals surface area contributed by atoms with Crippen molar-refractivity contribution in [1.29, 1.82) is 0 Å². The molecular weight excluding hydrogens is 819 g/mol. The molecule has 4 nitrogen and oxygen atoms in total. The topological polar surface area (TPSA) is 30.5 Å². The zero-order chi connectivity index (χ0) is 30.1. The van der Waals surface area contributed by atoms with Crippen molar-refractivity contribution in [2.45, 2.75) is 13.1 Å². The van der Waals surface area contributed by atoms with E-state index in [1.54, 1.807) is 0 Å². The van der Waals surface area contributed by atoms with E-state index in [0.29, 0.717) is 0 Å². The van der Waals surface area contributed by atoms with E-state index in [0.717, 1.165) is 65.4 Å². The van der Waals surface area contributed by atoms with Gasteiger partial charge in [0.1, 0.15) is 0 Å². The first-order valence-corrected chi connectivity index (χ1v) is 16.8. The third kappa shape index (κ3) is 8.72. The fraction of sp³-hybridized carbons (Fsp3) is 0.263. The van der Waals surface area contributed by atoms with E-state index in [-0.39, 0.29) is 40.1 Å². The van der Waals surface area contributed by atoms with Crippen molar-refractivity contribution in [1.82, 2.24) is 20.4 Å². The first-order chi connectivity index (χ1) is 21.8. The van der Waals surface area contributed by atoms with Crippen molar-refractivity contribution in [3.05, 3.63) is 120 Å². The summed E-state index contributed by atoms with van der Waals surface area (Å²) in [6, 6.07) is 40.1. The minimum Gasteiger partial charge on any atom is -1.00 e. The summed E-state index contributed by atoms with van der Waals surface area (Å²) >= 11 is 0. The number of hydrogen-bond acceptors (Lipinski definition) is 4. The molecule has 235 valence electrons. The number of halogens is 3. The minimum absolute atomic E-state index is 0. The summed E-state index contributed by atoms with van der Waals surface area (Å²) in [6.45, 7) is 10.0. The van der Waals surface area contributed by atoms with Crippen LogP contribution in [-0.2, 0) is 40.8 Å². The quantitative estimate of drug-likeness (QED) is 0.189. The van der Waals surface area contributed by atoms with Crippen molar-refractivity contribution in [2.75, 3.05) is 52.4 Å². The van der Waals surface area contributed by atoms with Crippen molar-refractivity contribution < 1.29 is 40.1 Å². The molecule has 2 N–H and O–H groups in total. The molecule has 1 aliphatic heterocycles. The van der Waals surface area contributed by atoms with Gasteiger partial charge >= 0.3 is 27.7 Å². The predicted molar refractivity (Wildman–Crippen MR) is 191 cm³/mol. The standard InChI is InChI=1S/C38H40N4.Cl2.ClH.Hg/c1-5-13-33-29(9-1)25-30-10-2-6-14-34(30)37(33)27-41-21-17-39-19-23-42(24-20-40-18-22-41)28-38-35-15-7-3-11-31(35)26-32-12-4-8-16-36(32)38;1-2;;/h1-16,25-26,39-40H,17-24,27-28H2;;1H;/q;;;+1/p-1. The summed E-state index contributed by atoms with van der Waals surface area (Å²) in [4.78, 5) is 5.24. The van der Waals surface area contributed by atoms with Crippen LogP contribution in [0.5, 0.6) is 0 Å². The molecule has 0 saturated carbocycles. The van der Waals surface area contributed by atoms with Crippen LogP contribution < -0.4 is 23.0 Å². The molecule has 0 amide bonds. The van der Waals surface area contributed by atoms with E-state index in [2.05, 4.69) is 151 Å². The summed E-state index contributed by atoms with van der Waals surface area (Å²) in [5.74, 6) is 0. The van der Waals surface area contributed by atoms with Crippen LogP contribution >= 0.6 is 21.7 Å². The molecule has 46 heavy (non-hydrogen) atoms. The second-order valence-electron chi connectivity index (χ2n) is 11.6. The summed E-state index contributed by atoms with van der Waals surface area (Å²) in [6.07, 6.45) is 0. The molecule has 1 heterocycles. The molecule has 6 aromatic rings. The molecule has 1 aliphatic rings. The number of rotatable bonds is 4. The van der Waals surface area contributed by atoms with Gasteiger partial charge in [-0.1, -0.05) is 97.1 Å². The maximum atomic E-state index is 4.11. The normalized spacial score (nSPS) is 15.3. The fourth-order valence-corrected chi connectivity index (χ4v) is 6.74. The molecule has 7 rings (SSSR count). The largest absolute Gasteiger partial charge is 1.00 e. The Labute approximate surface area is 308 Å². The third-order valence-electron chi connectivity index (χ3n) is 8.95. The van der Waals surface area contributed by atoms with Crippen LogP contribution in [0.2, 0.25) is 0 Å². The molecule has 0 aromatic heterocycles. The number of hydrogen-bond donors (Lipinski definition) is 2. The van der Waals surface area contributed by atoms with Crippen molar-refractivity contribution >= 4 is 64.8 Å². The molecule has 6 aromatic carbocycles. The van der Waals surface area contributed by atoms with E-state index < -0.39 is 0 Å². The van der Waals surface area contributed by atoms with Crippen molar-refractivity contribution in [3.63, 3.8) is 0 Å². The van der Waals surface area contributed by atoms with Crippen LogP contribution in [0.15, 0.2) is 109 Å². The molecular formula is C38H40Cl3HgN4. The molecule has 1 saturated heterocycles. The van der Waals surface area contributed by atoms with E-state index >= 15 is 0 Å². The summed E-state index contributed by atoms with van der Waals surface area (Å²) in [5, 5.41) is 18.4. The monoisotopic (exact) mass is 859 g/mol. The van der Waals surface area contributed by atoms with Gasteiger partial charge in [0, 0.05) is 87.2 Å². The van der Waals surface area contributed by atoms with Crippen LogP contribution in [-0.4, -0.2) is 62.2 Å². The van der Waals surface area contributed by atoms with Crippen molar-refractivity contribution in [3.8, 4) is 0 Å². The molecule has 0 aliphatic carbocycles. The molecule has 1 fully saturated rings. The van der Waals surface area contributed by atoms with Gasteiger partial charge in [0.05, 0.1) is 0 Å². The first kappa shape index (κ1) is 36.8. The number of fused-ring (bicyclic) bond motifs is 4. The Morgan fingerprint density at radius 2 is 0.717 bits per heavy atom. The minimum atomic E-state index is 0. The van der Waals surface area contributed by atoms with Gasteiger partial charge in [0.25, 0.3) is 0 Å². The van der Waals surface area contributed by atoms with Gasteiger partial charge in [-0.25, -0.2) is 0 Å². The molecule has 1 radical (unpaired) electrons. The van der Waals surface area contributed by atoms with Crippen molar-refractivity contribution in [2.24, 2.45) is 0 Å². The van der Waals surface area contributed by atoms with Crippen LogP contribution in [0.25, 0.3) is 43.1 Å². The third-order valence-corrected chi connectivity index (χ3v) is 8.95. The Morgan fingerprint density at radius 1 is 0.457 bits per heavy atom. The van der Waals surface area contributed by atoms with Gasteiger partial charge in [-0.05, 0) is 66.3 Å². The Balaban J connectivity index is 0.00000118. The SMILES string of the molecule is ClCl.[Cl-].[Hg+].c1ccc2c(CN3CCNCCN(Cc4c5ccccc5cc5ccccc45)CCNCC3)c3ccccc3cc2c1.